The summed E-state index contributed by atoms with van der Waals surface area (Å²) in [5, 5.41) is 6.24. The molecule has 0 spiro atoms. The molecule has 0 fully saturated rings. The number of carbonyl (C=O) groups is 1. The van der Waals surface area contributed by atoms with Crippen LogP contribution in [0, 0.1) is 5.92 Å². The molecule has 2 N–H and O–H groups in total. The van der Waals surface area contributed by atoms with Gasteiger partial charge in [0.15, 0.2) is 0 Å². The molecule has 1 atom stereocenters. The average molecular weight is 278 g/mol. The minimum absolute atomic E-state index is 0.0926. The first-order valence-corrected chi connectivity index (χ1v) is 7.26. The van der Waals surface area contributed by atoms with Crippen LogP contribution in [0.4, 0.5) is 5.69 Å². The van der Waals surface area contributed by atoms with E-state index < -0.39 is 0 Å². The molecule has 0 aliphatic rings. The van der Waals surface area contributed by atoms with Crippen molar-refractivity contribution in [1.29, 1.82) is 0 Å². The molecule has 0 aliphatic heterocycles. The van der Waals surface area contributed by atoms with E-state index in [1.807, 2.05) is 31.2 Å². The van der Waals surface area contributed by atoms with Gasteiger partial charge in [-0.15, -0.1) is 0 Å². The van der Waals surface area contributed by atoms with Crippen LogP contribution in [0.5, 0.6) is 0 Å². The fourth-order valence-corrected chi connectivity index (χ4v) is 1.97. The highest BCUT2D eigenvalue weighted by Crippen LogP contribution is 2.10. The van der Waals surface area contributed by atoms with Gasteiger partial charge in [-0.25, -0.2) is 0 Å². The van der Waals surface area contributed by atoms with Crippen molar-refractivity contribution in [2.24, 2.45) is 5.92 Å². The standard InChI is InChI=1S/C16H26N2O2/c1-4-5-13(2)16(19)18-12-14-6-8-15(9-7-14)17-10-11-20-3/h6-9,13,17H,4-5,10-12H2,1-3H3,(H,18,19). The minimum atomic E-state index is 0.0926. The zero-order valence-corrected chi connectivity index (χ0v) is 12.7. The molecule has 1 aromatic rings. The SMILES string of the molecule is CCCC(C)C(=O)NCc1ccc(NCCOC)cc1. The van der Waals surface area contributed by atoms with Crippen molar-refractivity contribution in [3.8, 4) is 0 Å². The van der Waals surface area contributed by atoms with Gasteiger partial charge in [-0.3, -0.25) is 4.79 Å². The van der Waals surface area contributed by atoms with Gasteiger partial charge in [-0.2, -0.15) is 0 Å². The summed E-state index contributed by atoms with van der Waals surface area (Å²) in [7, 11) is 1.69. The van der Waals surface area contributed by atoms with E-state index in [9.17, 15) is 4.79 Å². The Morgan fingerprint density at radius 3 is 2.60 bits per heavy atom. The third-order valence-electron chi connectivity index (χ3n) is 3.23. The Labute approximate surface area is 121 Å². The Kier molecular flexibility index (Phi) is 7.73. The Bertz CT molecular complexity index is 390. The second-order valence-electron chi connectivity index (χ2n) is 5.02. The number of benzene rings is 1. The number of amides is 1. The summed E-state index contributed by atoms with van der Waals surface area (Å²) in [5.74, 6) is 0.226. The minimum Gasteiger partial charge on any atom is -0.383 e. The number of hydrogen-bond donors (Lipinski definition) is 2. The van der Waals surface area contributed by atoms with Crippen molar-refractivity contribution >= 4 is 11.6 Å². The average Bonchev–Trinajstić information content (AvgIpc) is 2.46. The highest BCUT2D eigenvalue weighted by Gasteiger charge is 2.10. The largest absolute Gasteiger partial charge is 0.383 e. The number of methoxy groups -OCH3 is 1. The molecular weight excluding hydrogens is 252 g/mol. The van der Waals surface area contributed by atoms with Crippen LogP contribution in [0.2, 0.25) is 0 Å². The Hall–Kier alpha value is -1.55. The molecule has 20 heavy (non-hydrogen) atoms. The molecule has 4 nitrogen and oxygen atoms in total. The van der Waals surface area contributed by atoms with Crippen LogP contribution in [-0.2, 0) is 16.1 Å². The Balaban J connectivity index is 2.36. The second kappa shape index (κ2) is 9.37. The molecule has 4 heteroatoms. The lowest BCUT2D eigenvalue weighted by atomic mass is 10.1. The molecule has 0 bridgehead atoms. The third-order valence-corrected chi connectivity index (χ3v) is 3.23. The fraction of sp³-hybridized carbons (Fsp3) is 0.562. The van der Waals surface area contributed by atoms with Gasteiger partial charge in [0, 0.05) is 31.8 Å². The number of anilines is 1. The van der Waals surface area contributed by atoms with Crippen molar-refractivity contribution in [2.45, 2.75) is 33.2 Å². The van der Waals surface area contributed by atoms with E-state index in [0.29, 0.717) is 13.2 Å². The number of ether oxygens (including phenoxy) is 1. The van der Waals surface area contributed by atoms with Crippen LogP contribution < -0.4 is 10.6 Å². The highest BCUT2D eigenvalue weighted by atomic mass is 16.5. The van der Waals surface area contributed by atoms with Gasteiger partial charge < -0.3 is 15.4 Å². The summed E-state index contributed by atoms with van der Waals surface area (Å²) in [6.45, 7) is 6.14. The van der Waals surface area contributed by atoms with Crippen molar-refractivity contribution in [1.82, 2.24) is 5.32 Å². The zero-order chi connectivity index (χ0) is 14.8. The Morgan fingerprint density at radius 1 is 1.30 bits per heavy atom. The fourth-order valence-electron chi connectivity index (χ4n) is 1.97. The van der Waals surface area contributed by atoms with Crippen LogP contribution in [-0.4, -0.2) is 26.2 Å². The van der Waals surface area contributed by atoms with Crippen LogP contribution in [0.25, 0.3) is 0 Å². The monoisotopic (exact) mass is 278 g/mol. The molecule has 1 aromatic carbocycles. The number of nitrogens with one attached hydrogen (secondary N) is 2. The molecule has 0 aromatic heterocycles. The van der Waals surface area contributed by atoms with Crippen molar-refractivity contribution in [3.63, 3.8) is 0 Å². The predicted molar refractivity (Wildman–Crippen MR) is 82.7 cm³/mol. The van der Waals surface area contributed by atoms with Gasteiger partial charge in [0.2, 0.25) is 5.91 Å². The maximum absolute atomic E-state index is 11.8. The third kappa shape index (κ3) is 6.06. The lowest BCUT2D eigenvalue weighted by Gasteiger charge is -2.11. The lowest BCUT2D eigenvalue weighted by Crippen LogP contribution is -2.28. The maximum Gasteiger partial charge on any atom is 0.223 e. The van der Waals surface area contributed by atoms with E-state index in [0.717, 1.165) is 30.6 Å². The first kappa shape index (κ1) is 16.5. The van der Waals surface area contributed by atoms with Gasteiger partial charge >= 0.3 is 0 Å². The maximum atomic E-state index is 11.8. The number of hydrogen-bond acceptors (Lipinski definition) is 3. The zero-order valence-electron chi connectivity index (χ0n) is 12.7. The van der Waals surface area contributed by atoms with Crippen molar-refractivity contribution in [2.75, 3.05) is 25.6 Å². The summed E-state index contributed by atoms with van der Waals surface area (Å²) < 4.78 is 4.98. The smallest absolute Gasteiger partial charge is 0.223 e. The number of carbonyl (C=O) groups excluding carboxylic acids is 1. The quantitative estimate of drug-likeness (QED) is 0.683. The molecule has 0 heterocycles. The van der Waals surface area contributed by atoms with Crippen LogP contribution in [0.15, 0.2) is 24.3 Å². The topological polar surface area (TPSA) is 50.4 Å². The van der Waals surface area contributed by atoms with E-state index in [1.165, 1.54) is 0 Å². The van der Waals surface area contributed by atoms with E-state index >= 15 is 0 Å². The molecule has 1 amide bonds. The molecular formula is C16H26N2O2. The van der Waals surface area contributed by atoms with E-state index in [1.54, 1.807) is 7.11 Å². The van der Waals surface area contributed by atoms with Gasteiger partial charge in [0.05, 0.1) is 6.61 Å². The molecule has 0 aliphatic carbocycles. The van der Waals surface area contributed by atoms with E-state index in [4.69, 9.17) is 4.74 Å². The first-order chi connectivity index (χ1) is 9.67. The predicted octanol–water partition coefficient (Wildman–Crippen LogP) is 2.80. The molecule has 0 saturated heterocycles. The van der Waals surface area contributed by atoms with Gasteiger partial charge in [-0.1, -0.05) is 32.4 Å². The summed E-state index contributed by atoms with van der Waals surface area (Å²) in [5.41, 5.74) is 2.18. The molecule has 1 unspecified atom stereocenters. The highest BCUT2D eigenvalue weighted by molar-refractivity contribution is 5.78. The van der Waals surface area contributed by atoms with Crippen molar-refractivity contribution < 1.29 is 9.53 Å². The molecule has 112 valence electrons. The molecule has 0 saturated carbocycles. The Morgan fingerprint density at radius 2 is 2.00 bits per heavy atom. The summed E-state index contributed by atoms with van der Waals surface area (Å²) in [6.07, 6.45) is 1.98. The summed E-state index contributed by atoms with van der Waals surface area (Å²) in [4.78, 5) is 11.8. The van der Waals surface area contributed by atoms with Gasteiger partial charge in [-0.05, 0) is 24.1 Å². The molecule has 0 radical (unpaired) electrons. The van der Waals surface area contributed by atoms with E-state index in [2.05, 4.69) is 17.6 Å². The van der Waals surface area contributed by atoms with Crippen LogP contribution in [0.3, 0.4) is 0 Å². The van der Waals surface area contributed by atoms with E-state index in [-0.39, 0.29) is 11.8 Å². The molecule has 1 rings (SSSR count). The summed E-state index contributed by atoms with van der Waals surface area (Å²) >= 11 is 0. The summed E-state index contributed by atoms with van der Waals surface area (Å²) in [6, 6.07) is 8.10. The van der Waals surface area contributed by atoms with Gasteiger partial charge in [0.1, 0.15) is 0 Å². The van der Waals surface area contributed by atoms with Gasteiger partial charge in [0.25, 0.3) is 0 Å². The van der Waals surface area contributed by atoms with Crippen LogP contribution in [0.1, 0.15) is 32.3 Å². The first-order valence-electron chi connectivity index (χ1n) is 7.26. The lowest BCUT2D eigenvalue weighted by molar-refractivity contribution is -0.124. The second-order valence-corrected chi connectivity index (χ2v) is 5.02. The number of rotatable bonds is 9. The van der Waals surface area contributed by atoms with Crippen LogP contribution >= 0.6 is 0 Å². The normalized spacial score (nSPS) is 11.9. The van der Waals surface area contributed by atoms with Crippen molar-refractivity contribution in [3.05, 3.63) is 29.8 Å².